The molecule has 0 amide bonds. The summed E-state index contributed by atoms with van der Waals surface area (Å²) in [5.41, 5.74) is 5.00. The molecule has 19 heavy (non-hydrogen) atoms. The molecule has 0 spiro atoms. The van der Waals surface area contributed by atoms with Gasteiger partial charge in [-0.25, -0.2) is 4.79 Å². The number of carboxylic acids is 1. The molecule has 0 aliphatic heterocycles. The average molecular weight is 255 g/mol. The molecule has 98 valence electrons. The standard InChI is InChI=1S/C16H17NO2/c1-10-5-7-14(13(8-10)16(18)19)17-15-9-11(2)4-6-12(15)3/h4-9,17H,1-3H3,(H,18,19). The van der Waals surface area contributed by atoms with Crippen LogP contribution in [0.15, 0.2) is 36.4 Å². The summed E-state index contributed by atoms with van der Waals surface area (Å²) in [5, 5.41) is 12.5. The van der Waals surface area contributed by atoms with Crippen LogP contribution in [-0.2, 0) is 0 Å². The molecular weight excluding hydrogens is 238 g/mol. The van der Waals surface area contributed by atoms with Gasteiger partial charge in [0, 0.05) is 5.69 Å². The predicted molar refractivity (Wildman–Crippen MR) is 77.3 cm³/mol. The quantitative estimate of drug-likeness (QED) is 0.869. The van der Waals surface area contributed by atoms with Crippen LogP contribution < -0.4 is 5.32 Å². The van der Waals surface area contributed by atoms with Gasteiger partial charge < -0.3 is 10.4 Å². The van der Waals surface area contributed by atoms with Crippen molar-refractivity contribution in [3.05, 3.63) is 58.7 Å². The number of benzene rings is 2. The third-order valence-corrected chi connectivity index (χ3v) is 3.07. The smallest absolute Gasteiger partial charge is 0.337 e. The fraction of sp³-hybridized carbons (Fsp3) is 0.188. The molecule has 0 saturated carbocycles. The average Bonchev–Trinajstić information content (AvgIpc) is 2.35. The molecule has 0 atom stereocenters. The van der Waals surface area contributed by atoms with Crippen LogP contribution in [0.4, 0.5) is 11.4 Å². The minimum atomic E-state index is -0.920. The van der Waals surface area contributed by atoms with Gasteiger partial charge in [0.2, 0.25) is 0 Å². The van der Waals surface area contributed by atoms with Crippen molar-refractivity contribution in [3.63, 3.8) is 0 Å². The molecule has 0 unspecified atom stereocenters. The van der Waals surface area contributed by atoms with Crippen molar-refractivity contribution in [2.45, 2.75) is 20.8 Å². The lowest BCUT2D eigenvalue weighted by atomic mass is 10.1. The monoisotopic (exact) mass is 255 g/mol. The van der Waals surface area contributed by atoms with E-state index >= 15 is 0 Å². The van der Waals surface area contributed by atoms with E-state index in [4.69, 9.17) is 0 Å². The minimum Gasteiger partial charge on any atom is -0.478 e. The first kappa shape index (κ1) is 13.1. The highest BCUT2D eigenvalue weighted by molar-refractivity contribution is 5.95. The first-order valence-electron chi connectivity index (χ1n) is 6.15. The van der Waals surface area contributed by atoms with Gasteiger partial charge in [-0.1, -0.05) is 23.8 Å². The predicted octanol–water partition coefficient (Wildman–Crippen LogP) is 4.05. The second kappa shape index (κ2) is 5.14. The minimum absolute atomic E-state index is 0.293. The Kier molecular flexibility index (Phi) is 3.56. The molecular formula is C16H17NO2. The Morgan fingerprint density at radius 3 is 2.26 bits per heavy atom. The number of aryl methyl sites for hydroxylation is 3. The fourth-order valence-corrected chi connectivity index (χ4v) is 1.96. The Morgan fingerprint density at radius 2 is 1.58 bits per heavy atom. The van der Waals surface area contributed by atoms with Crippen LogP contribution in [0.1, 0.15) is 27.0 Å². The Bertz CT molecular complexity index is 633. The third-order valence-electron chi connectivity index (χ3n) is 3.07. The lowest BCUT2D eigenvalue weighted by molar-refractivity contribution is 0.0698. The second-order valence-electron chi connectivity index (χ2n) is 4.80. The molecule has 3 nitrogen and oxygen atoms in total. The van der Waals surface area contributed by atoms with Crippen LogP contribution in [0, 0.1) is 20.8 Å². The summed E-state index contributed by atoms with van der Waals surface area (Å²) in [4.78, 5) is 11.3. The van der Waals surface area contributed by atoms with Crippen LogP contribution in [0.2, 0.25) is 0 Å². The lowest BCUT2D eigenvalue weighted by Crippen LogP contribution is -2.04. The summed E-state index contributed by atoms with van der Waals surface area (Å²) in [6.45, 7) is 5.89. The summed E-state index contributed by atoms with van der Waals surface area (Å²) in [7, 11) is 0. The van der Waals surface area contributed by atoms with Gasteiger partial charge in [0.05, 0.1) is 11.3 Å². The molecule has 0 aliphatic carbocycles. The van der Waals surface area contributed by atoms with E-state index in [1.165, 1.54) is 0 Å². The van der Waals surface area contributed by atoms with Gasteiger partial charge in [-0.2, -0.15) is 0 Å². The number of hydrogen-bond acceptors (Lipinski definition) is 2. The normalized spacial score (nSPS) is 10.3. The molecule has 0 fully saturated rings. The zero-order valence-corrected chi connectivity index (χ0v) is 11.3. The van der Waals surface area contributed by atoms with Crippen molar-refractivity contribution in [2.75, 3.05) is 5.32 Å². The molecule has 0 aromatic heterocycles. The van der Waals surface area contributed by atoms with Gasteiger partial charge in [0.25, 0.3) is 0 Å². The Balaban J connectivity index is 2.43. The molecule has 2 rings (SSSR count). The van der Waals surface area contributed by atoms with Crippen LogP contribution in [0.25, 0.3) is 0 Å². The van der Waals surface area contributed by atoms with Crippen LogP contribution in [-0.4, -0.2) is 11.1 Å². The number of anilines is 2. The SMILES string of the molecule is Cc1ccc(C)c(Nc2ccc(C)cc2C(=O)O)c1. The Hall–Kier alpha value is -2.29. The molecule has 0 radical (unpaired) electrons. The highest BCUT2D eigenvalue weighted by Crippen LogP contribution is 2.25. The summed E-state index contributed by atoms with van der Waals surface area (Å²) in [6.07, 6.45) is 0. The number of nitrogens with one attached hydrogen (secondary N) is 1. The van der Waals surface area contributed by atoms with E-state index in [2.05, 4.69) is 5.32 Å². The highest BCUT2D eigenvalue weighted by atomic mass is 16.4. The van der Waals surface area contributed by atoms with E-state index in [1.807, 2.05) is 45.0 Å². The Morgan fingerprint density at radius 1 is 0.947 bits per heavy atom. The Labute approximate surface area is 112 Å². The van der Waals surface area contributed by atoms with Crippen molar-refractivity contribution >= 4 is 17.3 Å². The van der Waals surface area contributed by atoms with Crippen molar-refractivity contribution in [2.24, 2.45) is 0 Å². The third kappa shape index (κ3) is 2.94. The molecule has 2 N–H and O–H groups in total. The molecule has 0 aliphatic rings. The first-order chi connectivity index (χ1) is 8.97. The first-order valence-corrected chi connectivity index (χ1v) is 6.15. The molecule has 0 saturated heterocycles. The number of carbonyl (C=O) groups is 1. The van der Waals surface area contributed by atoms with Gasteiger partial charge in [-0.3, -0.25) is 0 Å². The van der Waals surface area contributed by atoms with Gasteiger partial charge in [0.15, 0.2) is 0 Å². The van der Waals surface area contributed by atoms with Gasteiger partial charge >= 0.3 is 5.97 Å². The van der Waals surface area contributed by atoms with Gasteiger partial charge in [0.1, 0.15) is 0 Å². The largest absolute Gasteiger partial charge is 0.478 e. The van der Waals surface area contributed by atoms with E-state index < -0.39 is 5.97 Å². The zero-order chi connectivity index (χ0) is 14.0. The summed E-state index contributed by atoms with van der Waals surface area (Å²) in [5.74, 6) is -0.920. The van der Waals surface area contributed by atoms with Crippen LogP contribution in [0.3, 0.4) is 0 Å². The maximum Gasteiger partial charge on any atom is 0.337 e. The molecule has 3 heteroatoms. The molecule has 0 bridgehead atoms. The molecule has 2 aromatic carbocycles. The van der Waals surface area contributed by atoms with Gasteiger partial charge in [-0.15, -0.1) is 0 Å². The number of carboxylic acid groups (broad SMARTS) is 1. The molecule has 2 aromatic rings. The van der Waals surface area contributed by atoms with E-state index in [-0.39, 0.29) is 0 Å². The number of hydrogen-bond donors (Lipinski definition) is 2. The maximum absolute atomic E-state index is 11.3. The van der Waals surface area contributed by atoms with Crippen molar-refractivity contribution in [1.82, 2.24) is 0 Å². The van der Waals surface area contributed by atoms with E-state index in [0.717, 1.165) is 22.4 Å². The van der Waals surface area contributed by atoms with Crippen molar-refractivity contribution < 1.29 is 9.90 Å². The lowest BCUT2D eigenvalue weighted by Gasteiger charge is -2.13. The van der Waals surface area contributed by atoms with E-state index in [1.54, 1.807) is 12.1 Å². The van der Waals surface area contributed by atoms with Crippen molar-refractivity contribution in [3.8, 4) is 0 Å². The van der Waals surface area contributed by atoms with Crippen LogP contribution in [0.5, 0.6) is 0 Å². The second-order valence-corrected chi connectivity index (χ2v) is 4.80. The topological polar surface area (TPSA) is 49.3 Å². The number of aromatic carboxylic acids is 1. The maximum atomic E-state index is 11.3. The zero-order valence-electron chi connectivity index (χ0n) is 11.3. The number of rotatable bonds is 3. The molecule has 0 heterocycles. The summed E-state index contributed by atoms with van der Waals surface area (Å²) >= 11 is 0. The van der Waals surface area contributed by atoms with E-state index in [0.29, 0.717) is 11.3 Å². The van der Waals surface area contributed by atoms with Gasteiger partial charge in [-0.05, 0) is 50.1 Å². The van der Waals surface area contributed by atoms with Crippen LogP contribution >= 0.6 is 0 Å². The highest BCUT2D eigenvalue weighted by Gasteiger charge is 2.11. The fourth-order valence-electron chi connectivity index (χ4n) is 1.96. The van der Waals surface area contributed by atoms with E-state index in [9.17, 15) is 9.90 Å². The summed E-state index contributed by atoms with van der Waals surface area (Å²) in [6, 6.07) is 11.5. The summed E-state index contributed by atoms with van der Waals surface area (Å²) < 4.78 is 0. The van der Waals surface area contributed by atoms with Crippen molar-refractivity contribution in [1.29, 1.82) is 0 Å².